The fourth-order valence-corrected chi connectivity index (χ4v) is 2.40. The molecular formula is C17H18N2O5. The van der Waals surface area contributed by atoms with Crippen LogP contribution in [0, 0.1) is 0 Å². The predicted molar refractivity (Wildman–Crippen MR) is 86.0 cm³/mol. The summed E-state index contributed by atoms with van der Waals surface area (Å²) in [5.41, 5.74) is 2.19. The zero-order valence-electron chi connectivity index (χ0n) is 13.0. The van der Waals surface area contributed by atoms with Crippen molar-refractivity contribution in [1.82, 2.24) is 10.3 Å². The zero-order valence-corrected chi connectivity index (χ0v) is 13.0. The first-order valence-corrected chi connectivity index (χ1v) is 7.67. The van der Waals surface area contributed by atoms with Crippen molar-refractivity contribution in [2.24, 2.45) is 0 Å². The van der Waals surface area contributed by atoms with Crippen LogP contribution < -0.4 is 5.32 Å². The van der Waals surface area contributed by atoms with Gasteiger partial charge in [0, 0.05) is 23.6 Å². The molecule has 24 heavy (non-hydrogen) atoms. The highest BCUT2D eigenvalue weighted by molar-refractivity contribution is 5.88. The summed E-state index contributed by atoms with van der Waals surface area (Å²) in [7, 11) is 0. The van der Waals surface area contributed by atoms with Gasteiger partial charge in [-0.2, -0.15) is 0 Å². The molecule has 0 atom stereocenters. The molecule has 0 saturated heterocycles. The molecule has 1 aromatic carbocycles. The van der Waals surface area contributed by atoms with E-state index in [1.54, 1.807) is 0 Å². The number of nitrogens with one attached hydrogen (secondary N) is 2. The SMILES string of the molecule is O=C(COC(=O)C1=COCCO1)NCCc1c[nH]c2ccccc12. The fraction of sp³-hybridized carbons (Fsp3) is 0.294. The quantitative estimate of drug-likeness (QED) is 0.778. The lowest BCUT2D eigenvalue weighted by Crippen LogP contribution is -2.31. The van der Waals surface area contributed by atoms with E-state index in [9.17, 15) is 9.59 Å². The Morgan fingerprint density at radius 2 is 2.12 bits per heavy atom. The number of carbonyl (C=O) groups excluding carboxylic acids is 2. The maximum Gasteiger partial charge on any atom is 0.377 e. The van der Waals surface area contributed by atoms with Gasteiger partial charge in [-0.3, -0.25) is 4.79 Å². The first-order chi connectivity index (χ1) is 11.7. The molecule has 0 radical (unpaired) electrons. The fourth-order valence-electron chi connectivity index (χ4n) is 2.40. The number of carbonyl (C=O) groups is 2. The Labute approximate surface area is 138 Å². The Hall–Kier alpha value is -2.96. The van der Waals surface area contributed by atoms with Crippen molar-refractivity contribution in [1.29, 1.82) is 0 Å². The molecule has 1 aromatic heterocycles. The van der Waals surface area contributed by atoms with Gasteiger partial charge in [-0.25, -0.2) is 4.79 Å². The molecule has 2 N–H and O–H groups in total. The number of para-hydroxylation sites is 1. The van der Waals surface area contributed by atoms with Crippen LogP contribution in [0.5, 0.6) is 0 Å². The smallest absolute Gasteiger partial charge is 0.377 e. The summed E-state index contributed by atoms with van der Waals surface area (Å²) in [4.78, 5) is 26.6. The number of fused-ring (bicyclic) bond motifs is 1. The maximum absolute atomic E-state index is 11.7. The molecule has 1 amide bonds. The number of hydrogen-bond donors (Lipinski definition) is 2. The first kappa shape index (κ1) is 15.9. The zero-order chi connectivity index (χ0) is 16.8. The minimum Gasteiger partial charge on any atom is -0.493 e. The summed E-state index contributed by atoms with van der Waals surface area (Å²) in [5.74, 6) is -1.09. The predicted octanol–water partition coefficient (Wildman–Crippen LogP) is 1.26. The van der Waals surface area contributed by atoms with Crippen molar-refractivity contribution in [2.75, 3.05) is 26.4 Å². The highest BCUT2D eigenvalue weighted by Crippen LogP contribution is 2.17. The van der Waals surface area contributed by atoms with Crippen LogP contribution in [0.4, 0.5) is 0 Å². The number of esters is 1. The van der Waals surface area contributed by atoms with E-state index in [1.807, 2.05) is 30.5 Å². The first-order valence-electron chi connectivity index (χ1n) is 7.67. The summed E-state index contributed by atoms with van der Waals surface area (Å²) >= 11 is 0. The molecule has 0 bridgehead atoms. The van der Waals surface area contributed by atoms with Crippen LogP contribution in [0.2, 0.25) is 0 Å². The standard InChI is InChI=1S/C17H18N2O5/c20-16(11-24-17(21)15-10-22-7-8-23-15)18-6-5-12-9-19-14-4-2-1-3-13(12)14/h1-4,9-10,19H,5-8,11H2,(H,18,20). The van der Waals surface area contributed by atoms with Gasteiger partial charge in [0.1, 0.15) is 19.5 Å². The van der Waals surface area contributed by atoms with Gasteiger partial charge in [0.2, 0.25) is 5.76 Å². The molecule has 2 heterocycles. The summed E-state index contributed by atoms with van der Waals surface area (Å²) < 4.78 is 14.9. The lowest BCUT2D eigenvalue weighted by Gasteiger charge is -2.14. The van der Waals surface area contributed by atoms with Crippen LogP contribution in [-0.2, 0) is 30.2 Å². The van der Waals surface area contributed by atoms with Gasteiger partial charge in [0.15, 0.2) is 6.61 Å². The van der Waals surface area contributed by atoms with Crippen molar-refractivity contribution in [3.63, 3.8) is 0 Å². The van der Waals surface area contributed by atoms with E-state index < -0.39 is 5.97 Å². The van der Waals surface area contributed by atoms with Crippen molar-refractivity contribution >= 4 is 22.8 Å². The third-order valence-corrected chi connectivity index (χ3v) is 3.58. The largest absolute Gasteiger partial charge is 0.493 e. The maximum atomic E-state index is 11.7. The van der Waals surface area contributed by atoms with E-state index in [0.717, 1.165) is 16.5 Å². The highest BCUT2D eigenvalue weighted by Gasteiger charge is 2.17. The van der Waals surface area contributed by atoms with Gasteiger partial charge in [-0.15, -0.1) is 0 Å². The molecular weight excluding hydrogens is 312 g/mol. The number of H-pyrrole nitrogens is 1. The minimum atomic E-state index is -0.707. The van der Waals surface area contributed by atoms with Gasteiger partial charge in [-0.1, -0.05) is 18.2 Å². The van der Waals surface area contributed by atoms with Crippen LogP contribution in [0.1, 0.15) is 5.56 Å². The highest BCUT2D eigenvalue weighted by atomic mass is 16.6. The summed E-state index contributed by atoms with van der Waals surface area (Å²) in [6.07, 6.45) is 3.82. The second-order valence-electron chi connectivity index (χ2n) is 5.24. The van der Waals surface area contributed by atoms with Crippen molar-refractivity contribution in [2.45, 2.75) is 6.42 Å². The summed E-state index contributed by atoms with van der Waals surface area (Å²) in [5, 5.41) is 3.86. The van der Waals surface area contributed by atoms with Crippen molar-refractivity contribution in [3.05, 3.63) is 48.0 Å². The van der Waals surface area contributed by atoms with Gasteiger partial charge in [0.05, 0.1) is 0 Å². The molecule has 1 aliphatic heterocycles. The molecule has 0 unspecified atom stereocenters. The molecule has 3 rings (SSSR count). The summed E-state index contributed by atoms with van der Waals surface area (Å²) in [6.45, 7) is 0.789. The molecule has 7 heteroatoms. The molecule has 126 valence electrons. The van der Waals surface area contributed by atoms with E-state index in [2.05, 4.69) is 10.3 Å². The molecule has 0 spiro atoms. The van der Waals surface area contributed by atoms with E-state index in [4.69, 9.17) is 14.2 Å². The Morgan fingerprint density at radius 1 is 1.25 bits per heavy atom. The van der Waals surface area contributed by atoms with Crippen LogP contribution in [0.25, 0.3) is 10.9 Å². The molecule has 7 nitrogen and oxygen atoms in total. The van der Waals surface area contributed by atoms with Crippen LogP contribution in [-0.4, -0.2) is 43.2 Å². The molecule has 0 fully saturated rings. The van der Waals surface area contributed by atoms with Crippen LogP contribution in [0.15, 0.2) is 42.5 Å². The van der Waals surface area contributed by atoms with E-state index in [1.165, 1.54) is 6.26 Å². The van der Waals surface area contributed by atoms with E-state index in [-0.39, 0.29) is 24.9 Å². The average molecular weight is 330 g/mol. The number of benzene rings is 1. The number of aromatic amines is 1. The molecule has 0 saturated carbocycles. The summed E-state index contributed by atoms with van der Waals surface area (Å²) in [6, 6.07) is 7.98. The number of aromatic nitrogens is 1. The van der Waals surface area contributed by atoms with Crippen LogP contribution >= 0.6 is 0 Å². The topological polar surface area (TPSA) is 89.7 Å². The van der Waals surface area contributed by atoms with Gasteiger partial charge < -0.3 is 24.5 Å². The number of amides is 1. The Morgan fingerprint density at radius 3 is 2.96 bits per heavy atom. The minimum absolute atomic E-state index is 0.0205. The molecule has 2 aromatic rings. The molecule has 1 aliphatic rings. The van der Waals surface area contributed by atoms with Crippen molar-refractivity contribution < 1.29 is 23.8 Å². The number of ether oxygens (including phenoxy) is 3. The third-order valence-electron chi connectivity index (χ3n) is 3.58. The third kappa shape index (κ3) is 3.87. The van der Waals surface area contributed by atoms with Gasteiger partial charge in [0.25, 0.3) is 5.91 Å². The number of rotatable bonds is 6. The van der Waals surface area contributed by atoms with Gasteiger partial charge in [-0.05, 0) is 18.1 Å². The normalized spacial score (nSPS) is 13.6. The van der Waals surface area contributed by atoms with Gasteiger partial charge >= 0.3 is 5.97 Å². The van der Waals surface area contributed by atoms with Crippen LogP contribution in [0.3, 0.4) is 0 Å². The lowest BCUT2D eigenvalue weighted by atomic mass is 10.1. The van der Waals surface area contributed by atoms with Crippen molar-refractivity contribution in [3.8, 4) is 0 Å². The second-order valence-corrected chi connectivity index (χ2v) is 5.24. The Kier molecular flexibility index (Phi) is 5.00. The lowest BCUT2D eigenvalue weighted by molar-refractivity contribution is -0.149. The Balaban J connectivity index is 1.41. The Bertz CT molecular complexity index is 765. The molecule has 0 aliphatic carbocycles. The van der Waals surface area contributed by atoms with E-state index in [0.29, 0.717) is 19.6 Å². The second kappa shape index (κ2) is 7.54. The number of hydrogen-bond acceptors (Lipinski definition) is 5. The van der Waals surface area contributed by atoms with E-state index >= 15 is 0 Å². The monoisotopic (exact) mass is 330 g/mol. The average Bonchev–Trinajstić information content (AvgIpc) is 3.04.